The highest BCUT2D eigenvalue weighted by Gasteiger charge is 2.23. The fourth-order valence-electron chi connectivity index (χ4n) is 2.37. The largest absolute Gasteiger partial charge is 0.349 e. The van der Waals surface area contributed by atoms with Gasteiger partial charge in [0.2, 0.25) is 5.91 Å². The molecule has 0 saturated heterocycles. The molecule has 0 saturated carbocycles. The molecule has 0 spiro atoms. The highest BCUT2D eigenvalue weighted by atomic mass is 16.2. The van der Waals surface area contributed by atoms with Gasteiger partial charge in [-0.15, -0.1) is 0 Å². The first-order valence-electron chi connectivity index (χ1n) is 6.67. The van der Waals surface area contributed by atoms with Gasteiger partial charge in [0.05, 0.1) is 18.3 Å². The number of amides is 1. The molecular weight excluding hydrogens is 252 g/mol. The average Bonchev–Trinajstić information content (AvgIpc) is 2.53. The van der Waals surface area contributed by atoms with Crippen LogP contribution in [-0.2, 0) is 24.3 Å². The van der Waals surface area contributed by atoms with Gasteiger partial charge in [0.1, 0.15) is 0 Å². The Kier molecular flexibility index (Phi) is 3.69. The molecule has 1 unspecified atom stereocenters. The standard InChI is InChI=1S/C15H16N4O/c20-15(17-10-13-6-3-7-18-19-13)14-8-11-4-1-2-5-12(11)9-16-14/h1-7,14,16H,8-10H2,(H,17,20). The van der Waals surface area contributed by atoms with Crippen molar-refractivity contribution < 1.29 is 4.79 Å². The van der Waals surface area contributed by atoms with Crippen LogP contribution in [0.1, 0.15) is 16.8 Å². The Balaban J connectivity index is 1.59. The van der Waals surface area contributed by atoms with E-state index in [0.717, 1.165) is 18.7 Å². The predicted octanol–water partition coefficient (Wildman–Crippen LogP) is 0.807. The van der Waals surface area contributed by atoms with Crippen LogP contribution in [0.15, 0.2) is 42.6 Å². The van der Waals surface area contributed by atoms with Gasteiger partial charge in [-0.3, -0.25) is 4.79 Å². The van der Waals surface area contributed by atoms with Crippen molar-refractivity contribution in [2.75, 3.05) is 0 Å². The molecule has 0 fully saturated rings. The predicted molar refractivity (Wildman–Crippen MR) is 74.7 cm³/mol. The van der Waals surface area contributed by atoms with E-state index in [1.54, 1.807) is 6.20 Å². The van der Waals surface area contributed by atoms with Gasteiger partial charge in [0, 0.05) is 12.7 Å². The molecule has 0 bridgehead atoms. The third-order valence-electron chi connectivity index (χ3n) is 3.47. The van der Waals surface area contributed by atoms with E-state index in [0.29, 0.717) is 6.54 Å². The molecular formula is C15H16N4O. The highest BCUT2D eigenvalue weighted by molar-refractivity contribution is 5.82. The van der Waals surface area contributed by atoms with Gasteiger partial charge in [0.25, 0.3) is 0 Å². The first kappa shape index (κ1) is 12.7. The quantitative estimate of drug-likeness (QED) is 0.864. The second-order valence-corrected chi connectivity index (χ2v) is 4.84. The van der Waals surface area contributed by atoms with Gasteiger partial charge in [-0.25, -0.2) is 0 Å². The third kappa shape index (κ3) is 2.83. The van der Waals surface area contributed by atoms with E-state index in [1.165, 1.54) is 11.1 Å². The van der Waals surface area contributed by atoms with Gasteiger partial charge in [-0.05, 0) is 29.7 Å². The summed E-state index contributed by atoms with van der Waals surface area (Å²) in [4.78, 5) is 12.2. The van der Waals surface area contributed by atoms with Crippen molar-refractivity contribution in [3.63, 3.8) is 0 Å². The lowest BCUT2D eigenvalue weighted by molar-refractivity contribution is -0.123. The van der Waals surface area contributed by atoms with E-state index in [-0.39, 0.29) is 11.9 Å². The Morgan fingerprint density at radius 3 is 2.90 bits per heavy atom. The summed E-state index contributed by atoms with van der Waals surface area (Å²) in [6.07, 6.45) is 2.34. The summed E-state index contributed by atoms with van der Waals surface area (Å²) in [5.41, 5.74) is 3.27. The number of nitrogens with zero attached hydrogens (tertiary/aromatic N) is 2. The maximum Gasteiger partial charge on any atom is 0.237 e. The van der Waals surface area contributed by atoms with Crippen molar-refractivity contribution in [2.45, 2.75) is 25.6 Å². The first-order valence-corrected chi connectivity index (χ1v) is 6.67. The van der Waals surface area contributed by atoms with E-state index in [2.05, 4.69) is 33.0 Å². The zero-order valence-electron chi connectivity index (χ0n) is 11.0. The van der Waals surface area contributed by atoms with Crippen LogP contribution >= 0.6 is 0 Å². The van der Waals surface area contributed by atoms with Gasteiger partial charge in [-0.1, -0.05) is 24.3 Å². The van der Waals surface area contributed by atoms with Gasteiger partial charge in [-0.2, -0.15) is 10.2 Å². The Hall–Kier alpha value is -2.27. The summed E-state index contributed by atoms with van der Waals surface area (Å²) < 4.78 is 0. The van der Waals surface area contributed by atoms with Gasteiger partial charge < -0.3 is 10.6 Å². The average molecular weight is 268 g/mol. The highest BCUT2D eigenvalue weighted by Crippen LogP contribution is 2.16. The Labute approximate surface area is 117 Å². The van der Waals surface area contributed by atoms with Crippen LogP contribution in [0, 0.1) is 0 Å². The SMILES string of the molecule is O=C(NCc1cccnn1)C1Cc2ccccc2CN1. The second kappa shape index (κ2) is 5.79. The van der Waals surface area contributed by atoms with Gasteiger partial charge >= 0.3 is 0 Å². The third-order valence-corrected chi connectivity index (χ3v) is 3.47. The minimum Gasteiger partial charge on any atom is -0.349 e. The fourth-order valence-corrected chi connectivity index (χ4v) is 2.37. The van der Waals surface area contributed by atoms with Crippen molar-refractivity contribution in [3.8, 4) is 0 Å². The van der Waals surface area contributed by atoms with Crippen molar-refractivity contribution in [1.29, 1.82) is 0 Å². The Bertz CT molecular complexity index is 600. The lowest BCUT2D eigenvalue weighted by atomic mass is 9.95. The zero-order chi connectivity index (χ0) is 13.8. The number of nitrogens with one attached hydrogen (secondary N) is 2. The van der Waals surface area contributed by atoms with Crippen molar-refractivity contribution in [1.82, 2.24) is 20.8 Å². The number of rotatable bonds is 3. The van der Waals surface area contributed by atoms with E-state index in [9.17, 15) is 4.79 Å². The normalized spacial score (nSPS) is 17.3. The van der Waals surface area contributed by atoms with E-state index >= 15 is 0 Å². The van der Waals surface area contributed by atoms with Crippen molar-refractivity contribution >= 4 is 5.91 Å². The number of hydrogen-bond acceptors (Lipinski definition) is 4. The molecule has 1 aromatic heterocycles. The number of benzene rings is 1. The molecule has 1 atom stereocenters. The molecule has 2 aromatic rings. The summed E-state index contributed by atoms with van der Waals surface area (Å²) in [6, 6.07) is 11.7. The summed E-state index contributed by atoms with van der Waals surface area (Å²) in [5.74, 6) is 0.00477. The number of aromatic nitrogens is 2. The van der Waals surface area contributed by atoms with Crippen LogP contribution in [0.2, 0.25) is 0 Å². The van der Waals surface area contributed by atoms with Crippen molar-refractivity contribution in [3.05, 3.63) is 59.4 Å². The number of carbonyl (C=O) groups is 1. The molecule has 2 heterocycles. The molecule has 2 N–H and O–H groups in total. The van der Waals surface area contributed by atoms with Crippen LogP contribution in [0.5, 0.6) is 0 Å². The second-order valence-electron chi connectivity index (χ2n) is 4.84. The lowest BCUT2D eigenvalue weighted by Crippen LogP contribution is -2.47. The summed E-state index contributed by atoms with van der Waals surface area (Å²) >= 11 is 0. The lowest BCUT2D eigenvalue weighted by Gasteiger charge is -2.25. The molecule has 1 aliphatic heterocycles. The minimum absolute atomic E-state index is 0.00477. The molecule has 0 radical (unpaired) electrons. The molecule has 1 aliphatic rings. The number of hydrogen-bond donors (Lipinski definition) is 2. The van der Waals surface area contributed by atoms with E-state index in [1.807, 2.05) is 24.3 Å². The van der Waals surface area contributed by atoms with Crippen LogP contribution in [-0.4, -0.2) is 22.1 Å². The van der Waals surface area contributed by atoms with Crippen LogP contribution < -0.4 is 10.6 Å². The molecule has 5 nitrogen and oxygen atoms in total. The molecule has 3 rings (SSSR count). The topological polar surface area (TPSA) is 66.9 Å². The van der Waals surface area contributed by atoms with Crippen LogP contribution in [0.3, 0.4) is 0 Å². The summed E-state index contributed by atoms with van der Waals surface area (Å²) in [5, 5.41) is 13.9. The van der Waals surface area contributed by atoms with Crippen molar-refractivity contribution in [2.24, 2.45) is 0 Å². The Morgan fingerprint density at radius 2 is 2.10 bits per heavy atom. The number of carbonyl (C=O) groups excluding carboxylic acids is 1. The molecule has 20 heavy (non-hydrogen) atoms. The minimum atomic E-state index is -0.179. The molecule has 0 aliphatic carbocycles. The van der Waals surface area contributed by atoms with E-state index in [4.69, 9.17) is 0 Å². The first-order chi connectivity index (χ1) is 9.83. The molecule has 5 heteroatoms. The molecule has 102 valence electrons. The Morgan fingerprint density at radius 1 is 1.25 bits per heavy atom. The number of fused-ring (bicyclic) bond motifs is 1. The summed E-state index contributed by atoms with van der Waals surface area (Å²) in [6.45, 7) is 1.14. The van der Waals surface area contributed by atoms with E-state index < -0.39 is 0 Å². The monoisotopic (exact) mass is 268 g/mol. The zero-order valence-corrected chi connectivity index (χ0v) is 11.0. The summed E-state index contributed by atoms with van der Waals surface area (Å²) in [7, 11) is 0. The van der Waals surface area contributed by atoms with Crippen LogP contribution in [0.4, 0.5) is 0 Å². The maximum absolute atomic E-state index is 12.2. The molecule has 1 aromatic carbocycles. The van der Waals surface area contributed by atoms with Gasteiger partial charge in [0.15, 0.2) is 0 Å². The molecule has 1 amide bonds. The van der Waals surface area contributed by atoms with Crippen LogP contribution in [0.25, 0.3) is 0 Å². The maximum atomic E-state index is 12.2. The smallest absolute Gasteiger partial charge is 0.237 e. The fraction of sp³-hybridized carbons (Fsp3) is 0.267.